The Morgan fingerprint density at radius 1 is 1.14 bits per heavy atom. The van der Waals surface area contributed by atoms with Crippen molar-refractivity contribution in [3.63, 3.8) is 0 Å². The summed E-state index contributed by atoms with van der Waals surface area (Å²) in [5, 5.41) is 0. The SMILES string of the molecule is CC(Cl)(c1ccc(Br)cc1)C(F)(F)F. The zero-order valence-electron chi connectivity index (χ0n) is 7.20. The van der Waals surface area contributed by atoms with Gasteiger partial charge in [-0.15, -0.1) is 11.6 Å². The molecule has 0 aliphatic heterocycles. The highest BCUT2D eigenvalue weighted by Gasteiger charge is 2.50. The van der Waals surface area contributed by atoms with Gasteiger partial charge < -0.3 is 0 Å². The van der Waals surface area contributed by atoms with Gasteiger partial charge in [0.25, 0.3) is 0 Å². The van der Waals surface area contributed by atoms with Crippen LogP contribution in [0.3, 0.4) is 0 Å². The van der Waals surface area contributed by atoms with Crippen LogP contribution in [0.1, 0.15) is 12.5 Å². The minimum absolute atomic E-state index is 0.0369. The van der Waals surface area contributed by atoms with Crippen molar-refractivity contribution in [2.75, 3.05) is 0 Å². The molecule has 5 heteroatoms. The Balaban J connectivity index is 3.10. The smallest absolute Gasteiger partial charge is 0.169 e. The predicted molar refractivity (Wildman–Crippen MR) is 53.4 cm³/mol. The molecule has 0 bridgehead atoms. The van der Waals surface area contributed by atoms with E-state index in [1.165, 1.54) is 24.3 Å². The van der Waals surface area contributed by atoms with E-state index in [1.807, 2.05) is 0 Å². The van der Waals surface area contributed by atoms with Gasteiger partial charge in [-0.1, -0.05) is 28.1 Å². The van der Waals surface area contributed by atoms with Crippen LogP contribution in [0.25, 0.3) is 0 Å². The molecule has 0 aliphatic carbocycles. The summed E-state index contributed by atoms with van der Waals surface area (Å²) in [6.45, 7) is 0.942. The molecule has 0 fully saturated rings. The van der Waals surface area contributed by atoms with Crippen LogP contribution in [0.4, 0.5) is 13.2 Å². The van der Waals surface area contributed by atoms with E-state index in [0.717, 1.165) is 11.4 Å². The van der Waals surface area contributed by atoms with Crippen LogP contribution in [0.2, 0.25) is 0 Å². The molecule has 0 amide bonds. The first-order valence-electron chi connectivity index (χ1n) is 3.77. The average molecular weight is 288 g/mol. The van der Waals surface area contributed by atoms with Gasteiger partial charge in [0, 0.05) is 4.47 Å². The van der Waals surface area contributed by atoms with E-state index < -0.39 is 11.1 Å². The zero-order valence-corrected chi connectivity index (χ0v) is 9.54. The highest BCUT2D eigenvalue weighted by atomic mass is 79.9. The van der Waals surface area contributed by atoms with Crippen LogP contribution in [0, 0.1) is 0 Å². The maximum absolute atomic E-state index is 12.5. The highest BCUT2D eigenvalue weighted by molar-refractivity contribution is 9.10. The van der Waals surface area contributed by atoms with Gasteiger partial charge in [0.15, 0.2) is 4.87 Å². The fourth-order valence-corrected chi connectivity index (χ4v) is 1.32. The van der Waals surface area contributed by atoms with Crippen molar-refractivity contribution in [3.05, 3.63) is 34.3 Å². The van der Waals surface area contributed by atoms with Gasteiger partial charge in [0.1, 0.15) is 0 Å². The Bertz CT molecular complexity index is 316. The fourth-order valence-electron chi connectivity index (χ4n) is 0.927. The topological polar surface area (TPSA) is 0 Å². The minimum Gasteiger partial charge on any atom is -0.169 e. The second-order valence-corrected chi connectivity index (χ2v) is 4.68. The van der Waals surface area contributed by atoms with Crippen molar-refractivity contribution in [1.82, 2.24) is 0 Å². The summed E-state index contributed by atoms with van der Waals surface area (Å²) in [4.78, 5) is -2.33. The molecule has 0 spiro atoms. The van der Waals surface area contributed by atoms with Gasteiger partial charge in [-0.2, -0.15) is 13.2 Å². The number of alkyl halides is 4. The second-order valence-electron chi connectivity index (χ2n) is 3.01. The summed E-state index contributed by atoms with van der Waals surface area (Å²) in [5.41, 5.74) is 0.0369. The van der Waals surface area contributed by atoms with Crippen molar-refractivity contribution >= 4 is 27.5 Å². The molecule has 1 aromatic carbocycles. The molecule has 0 heterocycles. The molecule has 1 unspecified atom stereocenters. The van der Waals surface area contributed by atoms with E-state index in [0.29, 0.717) is 0 Å². The fraction of sp³-hybridized carbons (Fsp3) is 0.333. The second kappa shape index (κ2) is 3.74. The average Bonchev–Trinajstić information content (AvgIpc) is 2.03. The summed E-state index contributed by atoms with van der Waals surface area (Å²) < 4.78 is 38.1. The van der Waals surface area contributed by atoms with Crippen LogP contribution in [0.5, 0.6) is 0 Å². The van der Waals surface area contributed by atoms with Gasteiger partial charge in [-0.25, -0.2) is 0 Å². The molecular weight excluding hydrogens is 280 g/mol. The normalized spacial score (nSPS) is 16.4. The summed E-state index contributed by atoms with van der Waals surface area (Å²) in [6, 6.07) is 5.76. The summed E-state index contributed by atoms with van der Waals surface area (Å²) in [7, 11) is 0. The van der Waals surface area contributed by atoms with Gasteiger partial charge in [0.2, 0.25) is 0 Å². The summed E-state index contributed by atoms with van der Waals surface area (Å²) >= 11 is 8.59. The van der Waals surface area contributed by atoms with E-state index in [4.69, 9.17) is 11.6 Å². The van der Waals surface area contributed by atoms with Crippen LogP contribution in [-0.2, 0) is 4.87 Å². The van der Waals surface area contributed by atoms with Gasteiger partial charge in [0.05, 0.1) is 0 Å². The van der Waals surface area contributed by atoms with E-state index >= 15 is 0 Å². The number of hydrogen-bond donors (Lipinski definition) is 0. The molecule has 0 radical (unpaired) electrons. The minimum atomic E-state index is -4.46. The first-order chi connectivity index (χ1) is 6.25. The third-order valence-electron chi connectivity index (χ3n) is 1.92. The number of benzene rings is 1. The molecule has 0 aliphatic rings. The molecule has 78 valence electrons. The quantitative estimate of drug-likeness (QED) is 0.669. The maximum Gasteiger partial charge on any atom is 0.411 e. The van der Waals surface area contributed by atoms with Crippen molar-refractivity contribution in [1.29, 1.82) is 0 Å². The number of halogens is 5. The molecule has 1 rings (SSSR count). The van der Waals surface area contributed by atoms with Crippen molar-refractivity contribution < 1.29 is 13.2 Å². The molecule has 1 aromatic rings. The molecule has 0 aromatic heterocycles. The lowest BCUT2D eigenvalue weighted by Crippen LogP contribution is -2.33. The number of hydrogen-bond acceptors (Lipinski definition) is 0. The first-order valence-corrected chi connectivity index (χ1v) is 4.94. The Labute approximate surface area is 93.2 Å². The maximum atomic E-state index is 12.5. The molecule has 0 saturated heterocycles. The van der Waals surface area contributed by atoms with Crippen LogP contribution in [-0.4, -0.2) is 6.18 Å². The van der Waals surface area contributed by atoms with Gasteiger partial charge in [-0.3, -0.25) is 0 Å². The Hall–Kier alpha value is -0.220. The number of rotatable bonds is 1. The summed E-state index contributed by atoms with van der Waals surface area (Å²) in [5.74, 6) is 0. The third-order valence-corrected chi connectivity index (χ3v) is 2.88. The lowest BCUT2D eigenvalue weighted by molar-refractivity contribution is -0.160. The monoisotopic (exact) mass is 286 g/mol. The predicted octanol–water partition coefficient (Wildman–Crippen LogP) is 4.47. The Morgan fingerprint density at radius 3 is 1.93 bits per heavy atom. The lowest BCUT2D eigenvalue weighted by Gasteiger charge is -2.25. The first kappa shape index (κ1) is 11.9. The van der Waals surface area contributed by atoms with Crippen LogP contribution >= 0.6 is 27.5 Å². The van der Waals surface area contributed by atoms with Gasteiger partial charge >= 0.3 is 6.18 Å². The van der Waals surface area contributed by atoms with Gasteiger partial charge in [-0.05, 0) is 24.6 Å². The molecule has 0 saturated carbocycles. The Kier molecular flexibility index (Phi) is 3.17. The third kappa shape index (κ3) is 2.23. The molecule has 0 nitrogen and oxygen atoms in total. The van der Waals surface area contributed by atoms with E-state index in [9.17, 15) is 13.2 Å². The summed E-state index contributed by atoms with van der Waals surface area (Å²) in [6.07, 6.45) is -4.46. The van der Waals surface area contributed by atoms with Crippen molar-refractivity contribution in [3.8, 4) is 0 Å². The zero-order chi connectivity index (χ0) is 11.0. The van der Waals surface area contributed by atoms with E-state index in [-0.39, 0.29) is 5.56 Å². The largest absolute Gasteiger partial charge is 0.411 e. The van der Waals surface area contributed by atoms with Crippen LogP contribution in [0.15, 0.2) is 28.7 Å². The Morgan fingerprint density at radius 2 is 1.57 bits per heavy atom. The van der Waals surface area contributed by atoms with E-state index in [1.54, 1.807) is 0 Å². The highest BCUT2D eigenvalue weighted by Crippen LogP contribution is 2.44. The standard InChI is InChI=1S/C9H7BrClF3/c1-8(11,9(12,13)14)6-2-4-7(10)5-3-6/h2-5H,1H3. The molecule has 14 heavy (non-hydrogen) atoms. The molecule has 0 N–H and O–H groups in total. The molecule has 1 atom stereocenters. The van der Waals surface area contributed by atoms with Crippen molar-refractivity contribution in [2.45, 2.75) is 18.0 Å². The van der Waals surface area contributed by atoms with E-state index in [2.05, 4.69) is 15.9 Å². The molecular formula is C9H7BrClF3. The van der Waals surface area contributed by atoms with Crippen LogP contribution < -0.4 is 0 Å². The van der Waals surface area contributed by atoms with Crippen molar-refractivity contribution in [2.24, 2.45) is 0 Å². The lowest BCUT2D eigenvalue weighted by atomic mass is 10.00.